The molecule has 0 spiro atoms. The monoisotopic (exact) mass is 678 g/mol. The Bertz CT molecular complexity index is 3080. The second-order valence-corrected chi connectivity index (χ2v) is 13.3. The van der Waals surface area contributed by atoms with E-state index in [1.165, 1.54) is 21.7 Å². The van der Waals surface area contributed by atoms with Gasteiger partial charge in [-0.3, -0.25) is 4.57 Å². The van der Waals surface area contributed by atoms with Crippen LogP contribution in [0.4, 0.5) is 0 Å². The van der Waals surface area contributed by atoms with E-state index >= 15 is 0 Å². The summed E-state index contributed by atoms with van der Waals surface area (Å²) in [5.74, 6) is 1.84. The molecular formula is C47H30N6. The van der Waals surface area contributed by atoms with Crippen LogP contribution >= 0.6 is 0 Å². The summed E-state index contributed by atoms with van der Waals surface area (Å²) >= 11 is 0. The van der Waals surface area contributed by atoms with Crippen LogP contribution in [0.1, 0.15) is 0 Å². The van der Waals surface area contributed by atoms with E-state index in [1.54, 1.807) is 0 Å². The predicted octanol–water partition coefficient (Wildman–Crippen LogP) is 11.3. The Labute approximate surface area is 304 Å². The van der Waals surface area contributed by atoms with Gasteiger partial charge in [-0.25, -0.2) is 4.98 Å². The first kappa shape index (κ1) is 29.4. The van der Waals surface area contributed by atoms with Crippen LogP contribution in [0, 0.1) is 0 Å². The molecule has 11 rings (SSSR count). The third-order valence-corrected chi connectivity index (χ3v) is 10.3. The van der Waals surface area contributed by atoms with Gasteiger partial charge in [-0.1, -0.05) is 121 Å². The molecule has 0 radical (unpaired) electrons. The number of fused-ring (bicyclic) bond motifs is 8. The molecule has 0 aliphatic carbocycles. The first-order valence-electron chi connectivity index (χ1n) is 17.8. The molecule has 0 amide bonds. The zero-order chi connectivity index (χ0) is 34.9. The zero-order valence-corrected chi connectivity index (χ0v) is 28.5. The predicted molar refractivity (Wildman–Crippen MR) is 216 cm³/mol. The van der Waals surface area contributed by atoms with Crippen LogP contribution in [0.5, 0.6) is 0 Å². The van der Waals surface area contributed by atoms with E-state index < -0.39 is 0 Å². The number of benzene rings is 7. The van der Waals surface area contributed by atoms with Crippen LogP contribution in [0.15, 0.2) is 182 Å². The molecule has 0 fully saturated rings. The maximum Gasteiger partial charge on any atom is 0.238 e. The van der Waals surface area contributed by atoms with Crippen molar-refractivity contribution in [2.45, 2.75) is 0 Å². The van der Waals surface area contributed by atoms with Crippen molar-refractivity contribution in [1.29, 1.82) is 0 Å². The van der Waals surface area contributed by atoms with Gasteiger partial charge in [0.1, 0.15) is 0 Å². The lowest BCUT2D eigenvalue weighted by Gasteiger charge is -2.12. The Morgan fingerprint density at radius 2 is 0.906 bits per heavy atom. The van der Waals surface area contributed by atoms with Crippen molar-refractivity contribution in [3.63, 3.8) is 0 Å². The molecule has 0 bridgehead atoms. The number of hydrogen-bond acceptors (Lipinski definition) is 3. The molecule has 0 aliphatic rings. The molecule has 0 N–H and O–H groups in total. The van der Waals surface area contributed by atoms with Crippen molar-refractivity contribution < 1.29 is 0 Å². The molecule has 0 unspecified atom stereocenters. The highest BCUT2D eigenvalue weighted by atomic mass is 15.2. The van der Waals surface area contributed by atoms with Gasteiger partial charge in [0.15, 0.2) is 11.6 Å². The van der Waals surface area contributed by atoms with E-state index in [-0.39, 0.29) is 0 Å². The van der Waals surface area contributed by atoms with Gasteiger partial charge in [0.25, 0.3) is 0 Å². The smallest absolute Gasteiger partial charge is 0.238 e. The average molecular weight is 679 g/mol. The van der Waals surface area contributed by atoms with Crippen molar-refractivity contribution in [1.82, 2.24) is 28.7 Å². The largest absolute Gasteiger partial charge is 0.316 e. The van der Waals surface area contributed by atoms with Gasteiger partial charge in [0.05, 0.1) is 27.6 Å². The summed E-state index contributed by atoms with van der Waals surface area (Å²) in [6, 6.07) is 61.5. The van der Waals surface area contributed by atoms with Gasteiger partial charge in [-0.15, -0.1) is 0 Å². The Hall–Kier alpha value is -7.31. The van der Waals surface area contributed by atoms with Crippen molar-refractivity contribution in [3.05, 3.63) is 182 Å². The summed E-state index contributed by atoms with van der Waals surface area (Å²) < 4.78 is 6.90. The minimum Gasteiger partial charge on any atom is -0.316 e. The van der Waals surface area contributed by atoms with Crippen LogP contribution in [0.3, 0.4) is 0 Å². The van der Waals surface area contributed by atoms with Gasteiger partial charge in [-0.2, -0.15) is 9.97 Å². The minimum absolute atomic E-state index is 0.577. The molecule has 53 heavy (non-hydrogen) atoms. The summed E-state index contributed by atoms with van der Waals surface area (Å²) in [6.07, 6.45) is 2.18. The Morgan fingerprint density at radius 3 is 1.58 bits per heavy atom. The van der Waals surface area contributed by atoms with Crippen LogP contribution in [0.2, 0.25) is 0 Å². The third-order valence-electron chi connectivity index (χ3n) is 10.3. The summed E-state index contributed by atoms with van der Waals surface area (Å²) in [6.45, 7) is 0. The number of rotatable bonds is 5. The zero-order valence-electron chi connectivity index (χ0n) is 28.5. The third kappa shape index (κ3) is 4.56. The lowest BCUT2D eigenvalue weighted by Crippen LogP contribution is -2.06. The molecule has 11 aromatic rings. The van der Waals surface area contributed by atoms with E-state index in [1.807, 2.05) is 60.7 Å². The highest BCUT2D eigenvalue weighted by molar-refractivity contribution is 6.23. The fraction of sp³-hybridized carbons (Fsp3) is 0. The molecule has 6 nitrogen and oxygen atoms in total. The number of para-hydroxylation sites is 3. The molecule has 0 atom stereocenters. The molecule has 0 aliphatic heterocycles. The minimum atomic E-state index is 0.577. The van der Waals surface area contributed by atoms with Gasteiger partial charge >= 0.3 is 0 Å². The maximum atomic E-state index is 5.18. The lowest BCUT2D eigenvalue weighted by molar-refractivity contribution is 0.953. The second-order valence-electron chi connectivity index (χ2n) is 13.3. The van der Waals surface area contributed by atoms with E-state index in [0.29, 0.717) is 17.6 Å². The summed E-state index contributed by atoms with van der Waals surface area (Å²) in [7, 11) is 0. The highest BCUT2D eigenvalue weighted by Gasteiger charge is 2.22. The first-order chi connectivity index (χ1) is 26.3. The number of hydrogen-bond donors (Lipinski definition) is 0. The molecule has 0 saturated heterocycles. The number of aromatic nitrogens is 6. The lowest BCUT2D eigenvalue weighted by atomic mass is 10.1. The molecule has 248 valence electrons. The molecule has 4 aromatic heterocycles. The molecule has 0 saturated carbocycles. The quantitative estimate of drug-likeness (QED) is 0.182. The fourth-order valence-electron chi connectivity index (χ4n) is 7.96. The van der Waals surface area contributed by atoms with E-state index in [0.717, 1.165) is 55.3 Å². The normalized spacial score (nSPS) is 11.8. The topological polar surface area (TPSA) is 53.5 Å². The van der Waals surface area contributed by atoms with E-state index in [4.69, 9.17) is 15.0 Å². The molecular weight excluding hydrogens is 649 g/mol. The number of nitrogens with zero attached hydrogens (tertiary/aromatic N) is 6. The summed E-state index contributed by atoms with van der Waals surface area (Å²) in [5.41, 5.74) is 9.64. The maximum absolute atomic E-state index is 5.18. The van der Waals surface area contributed by atoms with E-state index in [2.05, 4.69) is 135 Å². The van der Waals surface area contributed by atoms with Gasteiger partial charge in [0, 0.05) is 55.6 Å². The Balaban J connectivity index is 1.25. The second kappa shape index (κ2) is 11.6. The van der Waals surface area contributed by atoms with Crippen LogP contribution in [0.25, 0.3) is 94.6 Å². The Morgan fingerprint density at radius 1 is 0.340 bits per heavy atom. The van der Waals surface area contributed by atoms with E-state index in [9.17, 15) is 0 Å². The van der Waals surface area contributed by atoms with Gasteiger partial charge in [0.2, 0.25) is 5.95 Å². The SMILES string of the molecule is c1ccc(-c2nc(-c3ccccc3)nc(-n3c4ccccc4c4cc5c6ccc7c(ccn7-c7ccccc7)c6n(-c6ccccc6)c5cc43)n2)cc1. The summed E-state index contributed by atoms with van der Waals surface area (Å²) in [4.78, 5) is 15.3. The van der Waals surface area contributed by atoms with Gasteiger partial charge in [-0.05, 0) is 54.6 Å². The van der Waals surface area contributed by atoms with Crippen molar-refractivity contribution >= 4 is 54.5 Å². The first-order valence-corrected chi connectivity index (χ1v) is 17.8. The highest BCUT2D eigenvalue weighted by Crippen LogP contribution is 2.42. The van der Waals surface area contributed by atoms with Crippen LogP contribution < -0.4 is 0 Å². The standard InChI is InChI=1S/C47H30N6/c1-5-15-31(16-6-1)45-48-46(32-17-7-2-8-18-32)50-47(49-45)53-41-24-14-13-23-35(41)38-29-39-36-25-26-40-37(27-28-51(40)33-19-9-3-10-20-33)44(36)52(42(39)30-43(38)53)34-21-11-4-12-22-34/h1-30H. The van der Waals surface area contributed by atoms with Crippen molar-refractivity contribution in [3.8, 4) is 40.1 Å². The summed E-state index contributed by atoms with van der Waals surface area (Å²) in [5, 5.41) is 5.88. The van der Waals surface area contributed by atoms with Crippen molar-refractivity contribution in [2.75, 3.05) is 0 Å². The average Bonchev–Trinajstić information content (AvgIpc) is 3.91. The van der Waals surface area contributed by atoms with Gasteiger partial charge < -0.3 is 9.13 Å². The Kier molecular flexibility index (Phi) is 6.45. The molecule has 6 heteroatoms. The van der Waals surface area contributed by atoms with Crippen LogP contribution in [-0.4, -0.2) is 28.7 Å². The molecule has 4 heterocycles. The molecule has 7 aromatic carbocycles. The van der Waals surface area contributed by atoms with Crippen LogP contribution in [-0.2, 0) is 0 Å². The van der Waals surface area contributed by atoms with Crippen molar-refractivity contribution in [2.24, 2.45) is 0 Å². The fourth-order valence-corrected chi connectivity index (χ4v) is 7.96.